The molecule has 0 saturated heterocycles. The van der Waals surface area contributed by atoms with E-state index in [0.29, 0.717) is 23.7 Å². The number of rotatable bonds is 12. The highest BCUT2D eigenvalue weighted by Crippen LogP contribution is 2.36. The third-order valence-corrected chi connectivity index (χ3v) is 7.36. The van der Waals surface area contributed by atoms with E-state index in [1.807, 2.05) is 32.9 Å². The fourth-order valence-corrected chi connectivity index (χ4v) is 4.78. The average molecular weight is 534 g/mol. The maximum atomic E-state index is 13.8. The number of carbonyl (C=O) groups is 2. The molecule has 3 rings (SSSR count). The van der Waals surface area contributed by atoms with E-state index in [0.717, 1.165) is 22.5 Å². The molecule has 1 aliphatic heterocycles. The van der Waals surface area contributed by atoms with Crippen molar-refractivity contribution in [2.24, 2.45) is 0 Å². The Hall–Kier alpha value is -3.47. The van der Waals surface area contributed by atoms with Gasteiger partial charge in [0.1, 0.15) is 18.3 Å². The van der Waals surface area contributed by atoms with Crippen LogP contribution in [0.15, 0.2) is 42.5 Å². The highest BCUT2D eigenvalue weighted by molar-refractivity contribution is 7.92. The predicted octanol–water partition coefficient (Wildman–Crippen LogP) is 2.91. The second-order valence-electron chi connectivity index (χ2n) is 8.92. The van der Waals surface area contributed by atoms with Crippen molar-refractivity contribution in [3.63, 3.8) is 0 Å². The van der Waals surface area contributed by atoms with Gasteiger partial charge in [0.05, 0.1) is 19.1 Å². The molecule has 0 fully saturated rings. The lowest BCUT2D eigenvalue weighted by Crippen LogP contribution is -2.53. The van der Waals surface area contributed by atoms with Gasteiger partial charge in [-0.3, -0.25) is 13.9 Å². The Morgan fingerprint density at radius 1 is 1.05 bits per heavy atom. The minimum absolute atomic E-state index is 0.0374. The number of nitrogens with one attached hydrogen (secondary N) is 1. The third-order valence-electron chi connectivity index (χ3n) is 6.22. The topological polar surface area (TPSA) is 114 Å². The zero-order valence-corrected chi connectivity index (χ0v) is 22.7. The van der Waals surface area contributed by atoms with Crippen LogP contribution in [0.2, 0.25) is 0 Å². The molecule has 202 valence electrons. The molecule has 0 aliphatic carbocycles. The zero-order valence-electron chi connectivity index (χ0n) is 21.9. The molecule has 2 aromatic carbocycles. The molecule has 1 heterocycles. The van der Waals surface area contributed by atoms with Crippen molar-refractivity contribution in [1.82, 2.24) is 10.2 Å². The Kier molecular flexibility index (Phi) is 9.25. The van der Waals surface area contributed by atoms with Crippen LogP contribution < -0.4 is 23.8 Å². The van der Waals surface area contributed by atoms with Gasteiger partial charge in [0, 0.05) is 18.7 Å². The van der Waals surface area contributed by atoms with E-state index in [1.54, 1.807) is 31.4 Å². The summed E-state index contributed by atoms with van der Waals surface area (Å²) in [5.74, 6) is 0.762. The summed E-state index contributed by atoms with van der Waals surface area (Å²) in [5, 5.41) is 2.95. The summed E-state index contributed by atoms with van der Waals surface area (Å²) < 4.78 is 42.5. The first kappa shape index (κ1) is 28.1. The number of ether oxygens (including phenoxy) is 3. The lowest BCUT2D eigenvalue weighted by molar-refractivity contribution is -0.140. The summed E-state index contributed by atoms with van der Waals surface area (Å²) >= 11 is 0. The highest BCUT2D eigenvalue weighted by Gasteiger charge is 2.32. The minimum Gasteiger partial charge on any atom is -0.497 e. The smallest absolute Gasteiger partial charge is 0.244 e. The number of methoxy groups -OCH3 is 1. The molecule has 0 saturated carbocycles. The molecule has 11 heteroatoms. The molecule has 0 bridgehead atoms. The van der Waals surface area contributed by atoms with Gasteiger partial charge < -0.3 is 24.4 Å². The van der Waals surface area contributed by atoms with Crippen LogP contribution in [0.1, 0.15) is 39.2 Å². The van der Waals surface area contributed by atoms with Crippen LogP contribution in [0, 0.1) is 0 Å². The Bertz CT molecular complexity index is 1200. The third kappa shape index (κ3) is 7.06. The van der Waals surface area contributed by atoms with Gasteiger partial charge in [0.2, 0.25) is 28.6 Å². The van der Waals surface area contributed by atoms with Crippen molar-refractivity contribution in [2.45, 2.75) is 52.2 Å². The SMILES string of the molecule is CC[C@H](C)NC(=O)[C@H](CC)N(Cc1ccc(OC)cc1)C(=O)CN(c1ccc2c(c1)OCO2)S(C)(=O)=O. The van der Waals surface area contributed by atoms with Gasteiger partial charge in [-0.25, -0.2) is 8.42 Å². The van der Waals surface area contributed by atoms with Gasteiger partial charge in [-0.1, -0.05) is 26.0 Å². The first-order valence-electron chi connectivity index (χ1n) is 12.2. The average Bonchev–Trinajstić information content (AvgIpc) is 3.34. The van der Waals surface area contributed by atoms with Crippen molar-refractivity contribution in [1.29, 1.82) is 0 Å². The summed E-state index contributed by atoms with van der Waals surface area (Å²) in [5.41, 5.74) is 1.04. The summed E-state index contributed by atoms with van der Waals surface area (Å²) in [6.07, 6.45) is 2.12. The fourth-order valence-electron chi connectivity index (χ4n) is 3.94. The van der Waals surface area contributed by atoms with Crippen molar-refractivity contribution in [2.75, 3.05) is 31.0 Å². The van der Waals surface area contributed by atoms with E-state index >= 15 is 0 Å². The first-order valence-corrected chi connectivity index (χ1v) is 14.0. The molecule has 10 nitrogen and oxygen atoms in total. The van der Waals surface area contributed by atoms with Crippen LogP contribution in [-0.2, 0) is 26.2 Å². The van der Waals surface area contributed by atoms with Crippen LogP contribution in [0.5, 0.6) is 17.2 Å². The monoisotopic (exact) mass is 533 g/mol. The number of carbonyl (C=O) groups excluding carboxylic acids is 2. The minimum atomic E-state index is -3.85. The first-order chi connectivity index (χ1) is 17.6. The van der Waals surface area contributed by atoms with Gasteiger partial charge >= 0.3 is 0 Å². The molecule has 2 aromatic rings. The molecule has 0 aromatic heterocycles. The lowest BCUT2D eigenvalue weighted by Gasteiger charge is -2.33. The van der Waals surface area contributed by atoms with Crippen LogP contribution in [0.4, 0.5) is 5.69 Å². The van der Waals surface area contributed by atoms with Crippen LogP contribution in [0.25, 0.3) is 0 Å². The summed E-state index contributed by atoms with van der Waals surface area (Å²) in [6.45, 7) is 5.35. The van der Waals surface area contributed by atoms with Crippen molar-refractivity contribution in [3.05, 3.63) is 48.0 Å². The molecule has 2 atom stereocenters. The van der Waals surface area contributed by atoms with Crippen LogP contribution in [-0.4, -0.2) is 63.9 Å². The molecule has 0 spiro atoms. The molecule has 0 unspecified atom stereocenters. The number of sulfonamides is 1. The van der Waals surface area contributed by atoms with Gasteiger partial charge in [0.25, 0.3) is 0 Å². The summed E-state index contributed by atoms with van der Waals surface area (Å²) in [4.78, 5) is 28.4. The standard InChI is InChI=1S/C26H35N3O7S/c1-6-18(3)27-26(31)22(7-2)28(15-19-8-11-21(34-4)12-9-19)25(30)16-29(37(5,32)33)20-10-13-23-24(14-20)36-17-35-23/h8-14,18,22H,6-7,15-17H2,1-5H3,(H,27,31)/t18-,22-/m0/s1. The van der Waals surface area contributed by atoms with Gasteiger partial charge in [-0.15, -0.1) is 0 Å². The number of fused-ring (bicyclic) bond motifs is 1. The van der Waals surface area contributed by atoms with E-state index in [1.165, 1.54) is 11.0 Å². The zero-order chi connectivity index (χ0) is 27.2. The normalized spacial score (nSPS) is 14.0. The van der Waals surface area contributed by atoms with E-state index in [2.05, 4.69) is 5.32 Å². The highest BCUT2D eigenvalue weighted by atomic mass is 32.2. The lowest BCUT2D eigenvalue weighted by atomic mass is 10.1. The van der Waals surface area contributed by atoms with Crippen molar-refractivity contribution >= 4 is 27.5 Å². The van der Waals surface area contributed by atoms with E-state index < -0.39 is 28.5 Å². The Labute approximate surface area is 218 Å². The van der Waals surface area contributed by atoms with E-state index in [-0.39, 0.29) is 31.0 Å². The molecule has 2 amide bonds. The number of hydrogen-bond donors (Lipinski definition) is 1. The number of benzene rings is 2. The van der Waals surface area contributed by atoms with Gasteiger partial charge in [0.15, 0.2) is 11.5 Å². The number of anilines is 1. The molecule has 1 N–H and O–H groups in total. The van der Waals surface area contributed by atoms with Crippen LogP contribution in [0.3, 0.4) is 0 Å². The Balaban J connectivity index is 1.94. The summed E-state index contributed by atoms with van der Waals surface area (Å²) in [7, 11) is -2.29. The quantitative estimate of drug-likeness (QED) is 0.446. The fraction of sp³-hybridized carbons (Fsp3) is 0.462. The van der Waals surface area contributed by atoms with Gasteiger partial charge in [-0.2, -0.15) is 0 Å². The maximum absolute atomic E-state index is 13.8. The number of hydrogen-bond acceptors (Lipinski definition) is 7. The number of amides is 2. The molecule has 1 aliphatic rings. The summed E-state index contributed by atoms with van der Waals surface area (Å²) in [6, 6.07) is 11.0. The van der Waals surface area contributed by atoms with Crippen molar-refractivity contribution < 1.29 is 32.2 Å². The second kappa shape index (κ2) is 12.2. The Morgan fingerprint density at radius 3 is 2.32 bits per heavy atom. The van der Waals surface area contributed by atoms with Crippen molar-refractivity contribution in [3.8, 4) is 17.2 Å². The maximum Gasteiger partial charge on any atom is 0.244 e. The van der Waals surface area contributed by atoms with Crippen LogP contribution >= 0.6 is 0 Å². The molecule has 0 radical (unpaired) electrons. The number of nitrogens with zero attached hydrogens (tertiary/aromatic N) is 2. The molecular formula is C26H35N3O7S. The Morgan fingerprint density at radius 2 is 1.73 bits per heavy atom. The largest absolute Gasteiger partial charge is 0.497 e. The predicted molar refractivity (Wildman–Crippen MR) is 140 cm³/mol. The van der Waals surface area contributed by atoms with Gasteiger partial charge in [-0.05, 0) is 49.6 Å². The molecular weight excluding hydrogens is 498 g/mol. The van der Waals surface area contributed by atoms with E-state index in [4.69, 9.17) is 14.2 Å². The van der Waals surface area contributed by atoms with E-state index in [9.17, 15) is 18.0 Å². The molecule has 37 heavy (non-hydrogen) atoms. The second-order valence-corrected chi connectivity index (χ2v) is 10.8.